The number of benzene rings is 2. The highest BCUT2D eigenvalue weighted by Crippen LogP contribution is 2.18. The third kappa shape index (κ3) is 6.67. The first-order chi connectivity index (χ1) is 12.6. The number of carbonyl (C=O) groups excluding carboxylic acids is 1. The van der Waals surface area contributed by atoms with Crippen LogP contribution in [-0.2, 0) is 0 Å². The van der Waals surface area contributed by atoms with Crippen molar-refractivity contribution in [3.63, 3.8) is 0 Å². The maximum Gasteiger partial charge on any atom is 0.387 e. The Morgan fingerprint density at radius 3 is 2.54 bits per heavy atom. The van der Waals surface area contributed by atoms with Crippen molar-refractivity contribution in [3.05, 3.63) is 65.7 Å². The van der Waals surface area contributed by atoms with Gasteiger partial charge in [0, 0.05) is 5.56 Å². The van der Waals surface area contributed by atoms with Crippen LogP contribution in [0.2, 0.25) is 0 Å². The predicted molar refractivity (Wildman–Crippen MR) is 97.9 cm³/mol. The Bertz CT molecular complexity index is 724. The Balaban J connectivity index is 1.93. The van der Waals surface area contributed by atoms with Crippen LogP contribution in [0.15, 0.2) is 54.6 Å². The fourth-order valence-electron chi connectivity index (χ4n) is 2.31. The van der Waals surface area contributed by atoms with Crippen molar-refractivity contribution in [2.24, 2.45) is 0 Å². The van der Waals surface area contributed by atoms with E-state index < -0.39 is 6.61 Å². The van der Waals surface area contributed by atoms with Gasteiger partial charge in [-0.15, -0.1) is 0 Å². The van der Waals surface area contributed by atoms with Crippen LogP contribution in [0.3, 0.4) is 0 Å². The van der Waals surface area contributed by atoms with E-state index in [1.54, 1.807) is 12.1 Å². The molecule has 0 saturated heterocycles. The molecule has 0 atom stereocenters. The Kier molecular flexibility index (Phi) is 7.80. The van der Waals surface area contributed by atoms with Crippen molar-refractivity contribution in [1.82, 2.24) is 0 Å². The van der Waals surface area contributed by atoms with Crippen LogP contribution in [0.4, 0.5) is 8.78 Å². The van der Waals surface area contributed by atoms with E-state index in [0.29, 0.717) is 6.61 Å². The molecule has 2 aromatic rings. The normalized spacial score (nSPS) is 11.1. The summed E-state index contributed by atoms with van der Waals surface area (Å²) in [4.78, 5) is 12.2. The molecular weight excluding hydrogens is 338 g/mol. The van der Waals surface area contributed by atoms with E-state index in [-0.39, 0.29) is 17.1 Å². The second-order valence-corrected chi connectivity index (χ2v) is 5.73. The molecule has 0 unspecified atom stereocenters. The zero-order valence-corrected chi connectivity index (χ0v) is 14.7. The van der Waals surface area contributed by atoms with Crippen molar-refractivity contribution in [2.75, 3.05) is 6.61 Å². The summed E-state index contributed by atoms with van der Waals surface area (Å²) >= 11 is 0. The lowest BCUT2D eigenvalue weighted by atomic mass is 10.1. The van der Waals surface area contributed by atoms with Gasteiger partial charge >= 0.3 is 6.61 Å². The Morgan fingerprint density at radius 1 is 1.08 bits per heavy atom. The SMILES string of the molecule is CCCCCOc1ccc(/C=C/C(=O)c2cccc(OC(F)F)c2)cc1. The molecule has 0 aliphatic rings. The van der Waals surface area contributed by atoms with Gasteiger partial charge in [-0.3, -0.25) is 4.79 Å². The molecule has 2 rings (SSSR count). The quantitative estimate of drug-likeness (QED) is 0.307. The molecule has 138 valence electrons. The summed E-state index contributed by atoms with van der Waals surface area (Å²) in [6.45, 7) is -0.0816. The number of unbranched alkanes of at least 4 members (excludes halogenated alkanes) is 2. The molecule has 0 spiro atoms. The summed E-state index contributed by atoms with van der Waals surface area (Å²) in [5, 5.41) is 0. The maximum absolute atomic E-state index is 12.2. The topological polar surface area (TPSA) is 35.5 Å². The maximum atomic E-state index is 12.2. The second kappa shape index (κ2) is 10.3. The standard InChI is InChI=1S/C21H22F2O3/c1-2-3-4-14-25-18-11-8-16(9-12-18)10-13-20(24)17-6-5-7-19(15-17)26-21(22)23/h5-13,15,21H,2-4,14H2,1H3/b13-10+. The van der Waals surface area contributed by atoms with Crippen molar-refractivity contribution < 1.29 is 23.0 Å². The van der Waals surface area contributed by atoms with Gasteiger partial charge in [-0.05, 0) is 42.3 Å². The lowest BCUT2D eigenvalue weighted by Gasteiger charge is -2.06. The number of ether oxygens (including phenoxy) is 2. The molecule has 0 aliphatic heterocycles. The lowest BCUT2D eigenvalue weighted by Crippen LogP contribution is -2.03. The zero-order chi connectivity index (χ0) is 18.8. The summed E-state index contributed by atoms with van der Waals surface area (Å²) < 4.78 is 34.4. The first-order valence-electron chi connectivity index (χ1n) is 8.58. The van der Waals surface area contributed by atoms with E-state index in [2.05, 4.69) is 11.7 Å². The van der Waals surface area contributed by atoms with Gasteiger partial charge in [0.1, 0.15) is 11.5 Å². The first kappa shape index (κ1) is 19.6. The predicted octanol–water partition coefficient (Wildman–Crippen LogP) is 5.75. The van der Waals surface area contributed by atoms with Crippen LogP contribution in [0.1, 0.15) is 42.1 Å². The van der Waals surface area contributed by atoms with Gasteiger partial charge in [0.2, 0.25) is 0 Å². The van der Waals surface area contributed by atoms with Gasteiger partial charge in [0.25, 0.3) is 0 Å². The van der Waals surface area contributed by atoms with E-state index in [0.717, 1.165) is 30.6 Å². The largest absolute Gasteiger partial charge is 0.494 e. The van der Waals surface area contributed by atoms with E-state index in [1.807, 2.05) is 24.3 Å². The average Bonchev–Trinajstić information content (AvgIpc) is 2.64. The summed E-state index contributed by atoms with van der Waals surface area (Å²) in [6, 6.07) is 13.2. The van der Waals surface area contributed by atoms with Gasteiger partial charge < -0.3 is 9.47 Å². The van der Waals surface area contributed by atoms with E-state index in [9.17, 15) is 13.6 Å². The number of hydrogen-bond donors (Lipinski definition) is 0. The highest BCUT2D eigenvalue weighted by molar-refractivity contribution is 6.07. The van der Waals surface area contributed by atoms with Gasteiger partial charge in [-0.25, -0.2) is 0 Å². The van der Waals surface area contributed by atoms with Crippen molar-refractivity contribution in [1.29, 1.82) is 0 Å². The molecule has 26 heavy (non-hydrogen) atoms. The Hall–Kier alpha value is -2.69. The summed E-state index contributed by atoms with van der Waals surface area (Å²) in [7, 11) is 0. The molecule has 0 amide bonds. The third-order valence-corrected chi connectivity index (χ3v) is 3.67. The summed E-state index contributed by atoms with van der Waals surface area (Å²) in [5.41, 5.74) is 1.13. The number of hydrogen-bond acceptors (Lipinski definition) is 3. The molecule has 2 aromatic carbocycles. The van der Waals surface area contributed by atoms with Crippen LogP contribution in [0.5, 0.6) is 11.5 Å². The summed E-state index contributed by atoms with van der Waals surface area (Å²) in [6.07, 6.45) is 6.40. The molecule has 0 aromatic heterocycles. The van der Waals surface area contributed by atoms with E-state index in [1.165, 1.54) is 24.3 Å². The Labute approximate surface area is 152 Å². The van der Waals surface area contributed by atoms with Crippen LogP contribution in [0.25, 0.3) is 6.08 Å². The molecule has 0 fully saturated rings. The fraction of sp³-hybridized carbons (Fsp3) is 0.286. The monoisotopic (exact) mass is 360 g/mol. The number of alkyl halides is 2. The molecule has 5 heteroatoms. The van der Waals surface area contributed by atoms with Gasteiger partial charge in [-0.2, -0.15) is 8.78 Å². The number of halogens is 2. The molecule has 3 nitrogen and oxygen atoms in total. The Morgan fingerprint density at radius 2 is 1.85 bits per heavy atom. The minimum absolute atomic E-state index is 0.0381. The lowest BCUT2D eigenvalue weighted by molar-refractivity contribution is -0.0498. The van der Waals surface area contributed by atoms with E-state index >= 15 is 0 Å². The van der Waals surface area contributed by atoms with Gasteiger partial charge in [0.05, 0.1) is 6.61 Å². The number of rotatable bonds is 10. The number of allylic oxidation sites excluding steroid dienone is 1. The molecule has 0 N–H and O–H groups in total. The van der Waals surface area contributed by atoms with Crippen LogP contribution in [0, 0.1) is 0 Å². The van der Waals surface area contributed by atoms with Crippen molar-refractivity contribution in [2.45, 2.75) is 32.8 Å². The highest BCUT2D eigenvalue weighted by atomic mass is 19.3. The van der Waals surface area contributed by atoms with Crippen LogP contribution < -0.4 is 9.47 Å². The number of ketones is 1. The van der Waals surface area contributed by atoms with E-state index in [4.69, 9.17) is 4.74 Å². The zero-order valence-electron chi connectivity index (χ0n) is 14.7. The first-order valence-corrected chi connectivity index (χ1v) is 8.58. The number of carbonyl (C=O) groups is 1. The minimum Gasteiger partial charge on any atom is -0.494 e. The molecule has 0 radical (unpaired) electrons. The second-order valence-electron chi connectivity index (χ2n) is 5.73. The molecule has 0 heterocycles. The van der Waals surface area contributed by atoms with Crippen LogP contribution in [-0.4, -0.2) is 19.0 Å². The van der Waals surface area contributed by atoms with Crippen LogP contribution >= 0.6 is 0 Å². The molecular formula is C21H22F2O3. The third-order valence-electron chi connectivity index (χ3n) is 3.67. The average molecular weight is 360 g/mol. The smallest absolute Gasteiger partial charge is 0.387 e. The molecule has 0 bridgehead atoms. The van der Waals surface area contributed by atoms with Gasteiger partial charge in [0.15, 0.2) is 5.78 Å². The highest BCUT2D eigenvalue weighted by Gasteiger charge is 2.07. The van der Waals surface area contributed by atoms with Gasteiger partial charge in [-0.1, -0.05) is 50.1 Å². The minimum atomic E-state index is -2.92. The summed E-state index contributed by atoms with van der Waals surface area (Å²) in [5.74, 6) is 0.467. The molecule has 0 saturated carbocycles. The van der Waals surface area contributed by atoms with Crippen molar-refractivity contribution in [3.8, 4) is 11.5 Å². The molecule has 0 aliphatic carbocycles. The van der Waals surface area contributed by atoms with Crippen molar-refractivity contribution >= 4 is 11.9 Å². The fourth-order valence-corrected chi connectivity index (χ4v) is 2.31.